The number of carbonyl (C=O) groups is 1. The van der Waals surface area contributed by atoms with Gasteiger partial charge >= 0.3 is 0 Å². The topological polar surface area (TPSA) is 73.2 Å². The summed E-state index contributed by atoms with van der Waals surface area (Å²) < 4.78 is 13.5. The van der Waals surface area contributed by atoms with Gasteiger partial charge < -0.3 is 19.6 Å². The lowest BCUT2D eigenvalue weighted by atomic mass is 9.94. The van der Waals surface area contributed by atoms with Crippen molar-refractivity contribution >= 4 is 28.7 Å². The highest BCUT2D eigenvalue weighted by atomic mass is 19.1. The van der Waals surface area contributed by atoms with E-state index in [4.69, 9.17) is 0 Å². The zero-order valence-electron chi connectivity index (χ0n) is 20.0. The molecule has 0 spiro atoms. The van der Waals surface area contributed by atoms with Gasteiger partial charge in [0.1, 0.15) is 11.5 Å². The molecule has 2 fully saturated rings. The van der Waals surface area contributed by atoms with Crippen molar-refractivity contribution in [2.45, 2.75) is 25.3 Å². The molecule has 2 aliphatic rings. The molecule has 0 saturated carbocycles. The van der Waals surface area contributed by atoms with E-state index in [1.165, 1.54) is 17.8 Å². The average molecular weight is 470 g/mol. The van der Waals surface area contributed by atoms with E-state index in [2.05, 4.69) is 36.0 Å². The molecule has 1 amide bonds. The van der Waals surface area contributed by atoms with Crippen molar-refractivity contribution in [3.63, 3.8) is 0 Å². The van der Waals surface area contributed by atoms with Crippen LogP contribution in [0.4, 0.5) is 27.1 Å². The Hall–Kier alpha value is -3.20. The minimum atomic E-state index is -0.629. The second-order valence-electron chi connectivity index (χ2n) is 9.42. The van der Waals surface area contributed by atoms with E-state index < -0.39 is 10.7 Å². The first-order valence-electron chi connectivity index (χ1n) is 11.7. The number of nitro groups is 1. The minimum Gasteiger partial charge on any atom is -0.370 e. The lowest BCUT2D eigenvalue weighted by molar-refractivity contribution is -0.384. The van der Waals surface area contributed by atoms with Crippen molar-refractivity contribution in [1.29, 1.82) is 0 Å². The van der Waals surface area contributed by atoms with E-state index in [9.17, 15) is 19.3 Å². The first-order valence-corrected chi connectivity index (χ1v) is 11.7. The Bertz CT molecular complexity index is 1040. The van der Waals surface area contributed by atoms with Gasteiger partial charge in [-0.2, -0.15) is 0 Å². The van der Waals surface area contributed by atoms with Crippen LogP contribution in [0.2, 0.25) is 0 Å². The van der Waals surface area contributed by atoms with Crippen LogP contribution in [0.5, 0.6) is 0 Å². The lowest BCUT2D eigenvalue weighted by Crippen LogP contribution is -2.41. The highest BCUT2D eigenvalue weighted by Crippen LogP contribution is 2.33. The molecule has 2 aromatic rings. The van der Waals surface area contributed by atoms with Crippen LogP contribution < -0.4 is 14.7 Å². The standard InChI is InChI=1S/C25H32FN5O3/c1-27(2)22-12-15-30(17-22)21-7-5-20(6-8-21)28(3)25(32)18-10-13-29(14-11-18)23-9-4-19(26)16-24(23)31(33)34/h4-9,16,18,22H,10-15,17H2,1-3H3. The first-order chi connectivity index (χ1) is 16.2. The minimum absolute atomic E-state index is 0.0508. The number of nitro benzene ring substituents is 1. The van der Waals surface area contributed by atoms with Gasteiger partial charge in [0, 0.05) is 56.6 Å². The number of anilines is 3. The molecular formula is C25H32FN5O3. The van der Waals surface area contributed by atoms with Gasteiger partial charge in [-0.25, -0.2) is 4.39 Å². The second-order valence-corrected chi connectivity index (χ2v) is 9.42. The van der Waals surface area contributed by atoms with E-state index in [1.807, 2.05) is 17.0 Å². The normalized spacial score (nSPS) is 19.0. The smallest absolute Gasteiger partial charge is 0.295 e. The SMILES string of the molecule is CN(C(=O)C1CCN(c2ccc(F)cc2[N+](=O)[O-])CC1)c1ccc(N2CCC(N(C)C)C2)cc1. The molecule has 0 aliphatic carbocycles. The molecule has 8 nitrogen and oxygen atoms in total. The van der Waals surface area contributed by atoms with Crippen LogP contribution in [-0.4, -0.2) is 69.1 Å². The number of carbonyl (C=O) groups excluding carboxylic acids is 1. The van der Waals surface area contributed by atoms with Crippen LogP contribution in [-0.2, 0) is 4.79 Å². The molecule has 182 valence electrons. The van der Waals surface area contributed by atoms with Crippen LogP contribution in [0.15, 0.2) is 42.5 Å². The quantitative estimate of drug-likeness (QED) is 0.474. The Morgan fingerprint density at radius 3 is 2.24 bits per heavy atom. The van der Waals surface area contributed by atoms with Crippen LogP contribution in [0.25, 0.3) is 0 Å². The van der Waals surface area contributed by atoms with Crippen molar-refractivity contribution in [3.8, 4) is 0 Å². The fourth-order valence-electron chi connectivity index (χ4n) is 4.96. The number of amides is 1. The first kappa shape index (κ1) is 23.9. The summed E-state index contributed by atoms with van der Waals surface area (Å²) in [6.07, 6.45) is 2.33. The molecule has 2 saturated heterocycles. The van der Waals surface area contributed by atoms with Crippen LogP contribution in [0, 0.1) is 21.8 Å². The van der Waals surface area contributed by atoms with Crippen LogP contribution in [0.3, 0.4) is 0 Å². The summed E-state index contributed by atoms with van der Waals surface area (Å²) in [5.41, 5.74) is 2.19. The van der Waals surface area contributed by atoms with E-state index in [-0.39, 0.29) is 17.5 Å². The molecule has 2 aromatic carbocycles. The number of hydrogen-bond donors (Lipinski definition) is 0. The van der Waals surface area contributed by atoms with Gasteiger partial charge in [-0.1, -0.05) is 0 Å². The fourth-order valence-corrected chi connectivity index (χ4v) is 4.96. The Morgan fingerprint density at radius 2 is 1.65 bits per heavy atom. The van der Waals surface area contributed by atoms with Gasteiger partial charge in [0.25, 0.3) is 5.69 Å². The van der Waals surface area contributed by atoms with Gasteiger partial charge in [0.2, 0.25) is 5.91 Å². The Kier molecular flexibility index (Phi) is 7.02. The van der Waals surface area contributed by atoms with E-state index >= 15 is 0 Å². The molecule has 4 rings (SSSR count). The number of rotatable bonds is 6. The molecule has 0 radical (unpaired) electrons. The molecule has 0 aromatic heterocycles. The number of halogens is 1. The zero-order valence-corrected chi connectivity index (χ0v) is 20.0. The molecule has 2 aliphatic heterocycles. The van der Waals surface area contributed by atoms with E-state index in [0.29, 0.717) is 37.7 Å². The summed E-state index contributed by atoms with van der Waals surface area (Å²) in [6, 6.07) is 12.3. The maximum Gasteiger partial charge on any atom is 0.295 e. The third-order valence-electron chi connectivity index (χ3n) is 7.15. The van der Waals surface area contributed by atoms with Gasteiger partial charge in [0.05, 0.1) is 11.0 Å². The fraction of sp³-hybridized carbons (Fsp3) is 0.480. The summed E-state index contributed by atoms with van der Waals surface area (Å²) in [7, 11) is 6.03. The lowest BCUT2D eigenvalue weighted by Gasteiger charge is -2.34. The Labute approximate surface area is 199 Å². The summed E-state index contributed by atoms with van der Waals surface area (Å²) in [4.78, 5) is 32.1. The van der Waals surface area contributed by atoms with E-state index in [0.717, 1.165) is 31.3 Å². The van der Waals surface area contributed by atoms with Gasteiger partial charge in [-0.05, 0) is 69.8 Å². The van der Waals surface area contributed by atoms with Crippen molar-refractivity contribution in [2.24, 2.45) is 5.92 Å². The maximum atomic E-state index is 13.5. The maximum absolute atomic E-state index is 13.5. The predicted molar refractivity (Wildman–Crippen MR) is 132 cm³/mol. The second kappa shape index (κ2) is 9.97. The van der Waals surface area contributed by atoms with Gasteiger partial charge in [-0.15, -0.1) is 0 Å². The summed E-state index contributed by atoms with van der Waals surface area (Å²) in [5.74, 6) is -0.731. The molecule has 2 heterocycles. The molecule has 34 heavy (non-hydrogen) atoms. The molecule has 0 N–H and O–H groups in total. The molecular weight excluding hydrogens is 437 g/mol. The monoisotopic (exact) mass is 469 g/mol. The van der Waals surface area contributed by atoms with Crippen molar-refractivity contribution < 1.29 is 14.1 Å². The average Bonchev–Trinajstić information content (AvgIpc) is 3.34. The number of nitrogens with zero attached hydrogens (tertiary/aromatic N) is 5. The van der Waals surface area contributed by atoms with Crippen molar-refractivity contribution in [1.82, 2.24) is 4.90 Å². The molecule has 1 unspecified atom stereocenters. The molecule has 1 atom stereocenters. The van der Waals surface area contributed by atoms with Crippen LogP contribution in [0.1, 0.15) is 19.3 Å². The largest absolute Gasteiger partial charge is 0.370 e. The zero-order chi connectivity index (χ0) is 24.4. The summed E-state index contributed by atoms with van der Waals surface area (Å²) in [6.45, 7) is 3.06. The summed E-state index contributed by atoms with van der Waals surface area (Å²) >= 11 is 0. The van der Waals surface area contributed by atoms with E-state index in [1.54, 1.807) is 11.9 Å². The highest BCUT2D eigenvalue weighted by Gasteiger charge is 2.31. The third-order valence-corrected chi connectivity index (χ3v) is 7.15. The van der Waals surface area contributed by atoms with Gasteiger partial charge in [0.15, 0.2) is 0 Å². The highest BCUT2D eigenvalue weighted by molar-refractivity contribution is 5.94. The Morgan fingerprint density at radius 1 is 1.00 bits per heavy atom. The van der Waals surface area contributed by atoms with Crippen LogP contribution >= 0.6 is 0 Å². The number of likely N-dealkylation sites (N-methyl/N-ethyl adjacent to an activating group) is 1. The summed E-state index contributed by atoms with van der Waals surface area (Å²) in [5, 5.41) is 11.3. The number of benzene rings is 2. The number of hydrogen-bond acceptors (Lipinski definition) is 6. The molecule has 9 heteroatoms. The third kappa shape index (κ3) is 4.99. The van der Waals surface area contributed by atoms with Crippen molar-refractivity contribution in [3.05, 3.63) is 58.4 Å². The predicted octanol–water partition coefficient (Wildman–Crippen LogP) is 3.75. The molecule has 0 bridgehead atoms. The van der Waals surface area contributed by atoms with Gasteiger partial charge in [-0.3, -0.25) is 14.9 Å². The number of piperidine rings is 1. The van der Waals surface area contributed by atoms with Crippen molar-refractivity contribution in [2.75, 3.05) is 62.0 Å². The Balaban J connectivity index is 1.36.